The number of carboxylic acid groups (broad SMARTS) is 1. The second kappa shape index (κ2) is 6.02. The highest BCUT2D eigenvalue weighted by molar-refractivity contribution is 5.88. The largest absolute Gasteiger partial charge is 0.489 e. The normalized spacial score (nSPS) is 10.2. The van der Waals surface area contributed by atoms with Gasteiger partial charge in [-0.2, -0.15) is 0 Å². The summed E-state index contributed by atoms with van der Waals surface area (Å²) in [4.78, 5) is 10.8. The van der Waals surface area contributed by atoms with Crippen molar-refractivity contribution in [1.82, 2.24) is 0 Å². The molecule has 0 aliphatic rings. The van der Waals surface area contributed by atoms with Gasteiger partial charge < -0.3 is 14.9 Å². The molecule has 2 aromatic rings. The summed E-state index contributed by atoms with van der Waals surface area (Å²) in [6.07, 6.45) is 0. The third-order valence-electron chi connectivity index (χ3n) is 2.71. The first-order chi connectivity index (χ1) is 9.20. The average Bonchev–Trinajstić information content (AvgIpc) is 2.45. The average molecular weight is 258 g/mol. The van der Waals surface area contributed by atoms with Crippen LogP contribution in [-0.2, 0) is 13.2 Å². The molecule has 0 aromatic heterocycles. The maximum atomic E-state index is 10.8. The van der Waals surface area contributed by atoms with E-state index in [0.717, 1.165) is 5.56 Å². The molecule has 0 saturated carbocycles. The molecule has 0 amide bonds. The molecule has 0 heterocycles. The van der Waals surface area contributed by atoms with E-state index in [2.05, 4.69) is 0 Å². The van der Waals surface area contributed by atoms with Crippen LogP contribution in [0.5, 0.6) is 5.75 Å². The van der Waals surface area contributed by atoms with E-state index in [-0.39, 0.29) is 12.2 Å². The number of ether oxygens (including phenoxy) is 1. The minimum atomic E-state index is -1.02. The zero-order valence-corrected chi connectivity index (χ0v) is 10.2. The van der Waals surface area contributed by atoms with Crippen molar-refractivity contribution in [2.75, 3.05) is 0 Å². The molecule has 4 heteroatoms. The summed E-state index contributed by atoms with van der Waals surface area (Å²) in [5.74, 6) is -0.527. The van der Waals surface area contributed by atoms with Gasteiger partial charge in [-0.05, 0) is 23.8 Å². The Morgan fingerprint density at radius 3 is 2.47 bits per heavy atom. The number of carbonyl (C=O) groups is 1. The molecule has 2 N–H and O–H groups in total. The monoisotopic (exact) mass is 258 g/mol. The van der Waals surface area contributed by atoms with Gasteiger partial charge in [0.25, 0.3) is 0 Å². The zero-order valence-electron chi connectivity index (χ0n) is 10.2. The summed E-state index contributed by atoms with van der Waals surface area (Å²) in [5, 5.41) is 18.1. The smallest absolute Gasteiger partial charge is 0.335 e. The number of benzene rings is 2. The van der Waals surface area contributed by atoms with E-state index in [1.807, 2.05) is 30.3 Å². The number of aromatic carboxylic acids is 1. The van der Waals surface area contributed by atoms with E-state index in [0.29, 0.717) is 17.9 Å². The van der Waals surface area contributed by atoms with Crippen LogP contribution in [0.3, 0.4) is 0 Å². The van der Waals surface area contributed by atoms with Gasteiger partial charge in [-0.3, -0.25) is 0 Å². The minimum absolute atomic E-state index is 0.135. The van der Waals surface area contributed by atoms with Crippen LogP contribution in [0, 0.1) is 0 Å². The molecule has 0 bridgehead atoms. The van der Waals surface area contributed by atoms with Gasteiger partial charge in [0.1, 0.15) is 12.4 Å². The van der Waals surface area contributed by atoms with Crippen molar-refractivity contribution in [2.45, 2.75) is 13.2 Å². The topological polar surface area (TPSA) is 66.8 Å². The fourth-order valence-electron chi connectivity index (χ4n) is 1.71. The van der Waals surface area contributed by atoms with Crippen LogP contribution in [0.15, 0.2) is 48.5 Å². The highest BCUT2D eigenvalue weighted by Gasteiger charge is 2.09. The molecule has 0 radical (unpaired) electrons. The number of carboxylic acids is 1. The Balaban J connectivity index is 2.14. The minimum Gasteiger partial charge on any atom is -0.489 e. The first-order valence-electron chi connectivity index (χ1n) is 5.84. The lowest BCUT2D eigenvalue weighted by Crippen LogP contribution is -2.02. The maximum absolute atomic E-state index is 10.8. The van der Waals surface area contributed by atoms with Gasteiger partial charge in [-0.15, -0.1) is 0 Å². The third kappa shape index (κ3) is 3.33. The highest BCUT2D eigenvalue weighted by atomic mass is 16.5. The Morgan fingerprint density at radius 1 is 1.11 bits per heavy atom. The summed E-state index contributed by atoms with van der Waals surface area (Å²) >= 11 is 0. The molecule has 0 atom stereocenters. The molecule has 4 nitrogen and oxygen atoms in total. The van der Waals surface area contributed by atoms with Crippen LogP contribution in [0.1, 0.15) is 21.5 Å². The molecule has 0 fully saturated rings. The summed E-state index contributed by atoms with van der Waals surface area (Å²) in [6, 6.07) is 14.1. The summed E-state index contributed by atoms with van der Waals surface area (Å²) < 4.78 is 5.60. The maximum Gasteiger partial charge on any atom is 0.335 e. The van der Waals surface area contributed by atoms with E-state index < -0.39 is 5.97 Å². The Labute approximate surface area is 110 Å². The molecular formula is C15H14O4. The number of rotatable bonds is 5. The molecule has 0 aliphatic carbocycles. The van der Waals surface area contributed by atoms with Crippen LogP contribution < -0.4 is 4.74 Å². The van der Waals surface area contributed by atoms with Crippen molar-refractivity contribution in [3.05, 3.63) is 65.2 Å². The van der Waals surface area contributed by atoms with Crippen LogP contribution in [-0.4, -0.2) is 16.2 Å². The predicted octanol–water partition coefficient (Wildman–Crippen LogP) is 2.46. The first kappa shape index (κ1) is 13.1. The molecule has 0 spiro atoms. The van der Waals surface area contributed by atoms with E-state index >= 15 is 0 Å². The molecule has 2 aromatic carbocycles. The van der Waals surface area contributed by atoms with Gasteiger partial charge in [0.05, 0.1) is 12.2 Å². The fraction of sp³-hybridized carbons (Fsp3) is 0.133. The van der Waals surface area contributed by atoms with Crippen molar-refractivity contribution in [2.24, 2.45) is 0 Å². The second-order valence-electron chi connectivity index (χ2n) is 4.06. The fourth-order valence-corrected chi connectivity index (χ4v) is 1.71. The van der Waals surface area contributed by atoms with E-state index in [1.54, 1.807) is 6.07 Å². The second-order valence-corrected chi connectivity index (χ2v) is 4.06. The quantitative estimate of drug-likeness (QED) is 0.864. The third-order valence-corrected chi connectivity index (χ3v) is 2.71. The van der Waals surface area contributed by atoms with Gasteiger partial charge in [0.15, 0.2) is 0 Å². The van der Waals surface area contributed by atoms with Crippen molar-refractivity contribution in [3.8, 4) is 5.75 Å². The number of aliphatic hydroxyl groups excluding tert-OH is 1. The van der Waals surface area contributed by atoms with Gasteiger partial charge in [-0.25, -0.2) is 4.79 Å². The Kier molecular flexibility index (Phi) is 4.15. The Morgan fingerprint density at radius 2 is 1.84 bits per heavy atom. The van der Waals surface area contributed by atoms with Crippen molar-refractivity contribution in [1.29, 1.82) is 0 Å². The molecule has 98 valence electrons. The number of hydrogen-bond donors (Lipinski definition) is 2. The number of aliphatic hydroxyl groups is 1. The Hall–Kier alpha value is -2.33. The molecule has 19 heavy (non-hydrogen) atoms. The standard InChI is InChI=1S/C15H14O4/c16-9-13-8-12(15(17)18)6-7-14(13)19-10-11-4-2-1-3-5-11/h1-8,16H,9-10H2,(H,17,18). The van der Waals surface area contributed by atoms with Gasteiger partial charge in [0, 0.05) is 5.56 Å². The lowest BCUT2D eigenvalue weighted by Gasteiger charge is -2.10. The molecule has 0 saturated heterocycles. The number of hydrogen-bond acceptors (Lipinski definition) is 3. The van der Waals surface area contributed by atoms with Crippen LogP contribution in [0.4, 0.5) is 0 Å². The molecular weight excluding hydrogens is 244 g/mol. The van der Waals surface area contributed by atoms with Crippen LogP contribution >= 0.6 is 0 Å². The van der Waals surface area contributed by atoms with E-state index in [4.69, 9.17) is 9.84 Å². The van der Waals surface area contributed by atoms with Crippen LogP contribution in [0.25, 0.3) is 0 Å². The van der Waals surface area contributed by atoms with Gasteiger partial charge in [-0.1, -0.05) is 30.3 Å². The lowest BCUT2D eigenvalue weighted by molar-refractivity contribution is 0.0696. The van der Waals surface area contributed by atoms with Gasteiger partial charge in [0.2, 0.25) is 0 Å². The van der Waals surface area contributed by atoms with E-state index in [9.17, 15) is 9.90 Å². The molecule has 0 aliphatic heterocycles. The van der Waals surface area contributed by atoms with Gasteiger partial charge >= 0.3 is 5.97 Å². The van der Waals surface area contributed by atoms with Crippen molar-refractivity contribution < 1.29 is 19.7 Å². The zero-order chi connectivity index (χ0) is 13.7. The predicted molar refractivity (Wildman–Crippen MR) is 70.1 cm³/mol. The summed E-state index contributed by atoms with van der Waals surface area (Å²) in [6.45, 7) is 0.117. The summed E-state index contributed by atoms with van der Waals surface area (Å²) in [5.41, 5.74) is 1.61. The van der Waals surface area contributed by atoms with E-state index in [1.165, 1.54) is 12.1 Å². The lowest BCUT2D eigenvalue weighted by atomic mass is 10.1. The SMILES string of the molecule is O=C(O)c1ccc(OCc2ccccc2)c(CO)c1. The van der Waals surface area contributed by atoms with Crippen molar-refractivity contribution in [3.63, 3.8) is 0 Å². The highest BCUT2D eigenvalue weighted by Crippen LogP contribution is 2.21. The first-order valence-corrected chi connectivity index (χ1v) is 5.84. The van der Waals surface area contributed by atoms with Crippen LogP contribution in [0.2, 0.25) is 0 Å². The Bertz CT molecular complexity index is 564. The van der Waals surface area contributed by atoms with Crippen molar-refractivity contribution >= 4 is 5.97 Å². The molecule has 2 rings (SSSR count). The summed E-state index contributed by atoms with van der Waals surface area (Å²) in [7, 11) is 0. The molecule has 0 unspecified atom stereocenters.